The summed E-state index contributed by atoms with van der Waals surface area (Å²) in [4.78, 5) is 14.7. The number of thiophene rings is 1. The Labute approximate surface area is 267 Å². The summed E-state index contributed by atoms with van der Waals surface area (Å²) in [5.41, 5.74) is 7.31. The fourth-order valence-corrected chi connectivity index (χ4v) is 8.24. The number of para-hydroxylation sites is 1. The SMILES string of the molecule is c1cncc(-c2nc(-c3cccc(-n4c5ccccc5c5ccc6c7ccccc7sc6c54)c3)c3ccc4ccccc4c3n2)c1. The third-order valence-electron chi connectivity index (χ3n) is 9.07. The molecule has 214 valence electrons. The van der Waals surface area contributed by atoms with E-state index in [0.29, 0.717) is 5.82 Å². The van der Waals surface area contributed by atoms with Crippen LogP contribution in [0.2, 0.25) is 0 Å². The van der Waals surface area contributed by atoms with Gasteiger partial charge in [-0.2, -0.15) is 0 Å². The molecule has 10 rings (SSSR count). The van der Waals surface area contributed by atoms with Crippen molar-refractivity contribution in [3.63, 3.8) is 0 Å². The summed E-state index contributed by atoms with van der Waals surface area (Å²) in [5, 5.41) is 8.40. The third-order valence-corrected chi connectivity index (χ3v) is 10.3. The van der Waals surface area contributed by atoms with Gasteiger partial charge in [-0.15, -0.1) is 11.3 Å². The topological polar surface area (TPSA) is 43.6 Å². The van der Waals surface area contributed by atoms with Gasteiger partial charge in [0.05, 0.1) is 26.9 Å². The zero-order chi connectivity index (χ0) is 30.2. The first-order valence-electron chi connectivity index (χ1n) is 15.4. The molecule has 0 aliphatic heterocycles. The number of nitrogens with zero attached hydrogens (tertiary/aromatic N) is 4. The first-order chi connectivity index (χ1) is 22.8. The maximum atomic E-state index is 5.22. The fraction of sp³-hybridized carbons (Fsp3) is 0. The van der Waals surface area contributed by atoms with Crippen molar-refractivity contribution in [1.82, 2.24) is 19.5 Å². The second-order valence-electron chi connectivity index (χ2n) is 11.7. The molecule has 4 heterocycles. The van der Waals surface area contributed by atoms with Crippen LogP contribution in [0.5, 0.6) is 0 Å². The first-order valence-corrected chi connectivity index (χ1v) is 16.2. The van der Waals surface area contributed by atoms with Crippen molar-refractivity contribution in [3.05, 3.63) is 146 Å². The summed E-state index contributed by atoms with van der Waals surface area (Å²) in [6.07, 6.45) is 3.62. The number of hydrogen-bond donors (Lipinski definition) is 0. The van der Waals surface area contributed by atoms with Gasteiger partial charge >= 0.3 is 0 Å². The van der Waals surface area contributed by atoms with E-state index in [2.05, 4.69) is 131 Å². The van der Waals surface area contributed by atoms with Crippen molar-refractivity contribution >= 4 is 75.0 Å². The number of aromatic nitrogens is 4. The molecule has 0 saturated heterocycles. The minimum Gasteiger partial charge on any atom is -0.308 e. The van der Waals surface area contributed by atoms with Gasteiger partial charge < -0.3 is 4.57 Å². The number of benzene rings is 6. The van der Waals surface area contributed by atoms with Crippen LogP contribution in [0, 0.1) is 0 Å². The molecule has 4 nitrogen and oxygen atoms in total. The van der Waals surface area contributed by atoms with E-state index in [1.165, 1.54) is 42.0 Å². The predicted molar refractivity (Wildman–Crippen MR) is 193 cm³/mol. The highest BCUT2D eigenvalue weighted by Crippen LogP contribution is 2.43. The number of rotatable bonds is 3. The second-order valence-corrected chi connectivity index (χ2v) is 12.7. The Morgan fingerprint density at radius 2 is 1.33 bits per heavy atom. The first kappa shape index (κ1) is 25.4. The highest BCUT2D eigenvalue weighted by Gasteiger charge is 2.19. The lowest BCUT2D eigenvalue weighted by Crippen LogP contribution is -1.98. The fourth-order valence-electron chi connectivity index (χ4n) is 7.00. The predicted octanol–water partition coefficient (Wildman–Crippen LogP) is 11.0. The molecule has 5 heteroatoms. The van der Waals surface area contributed by atoms with Crippen molar-refractivity contribution in [2.24, 2.45) is 0 Å². The molecule has 0 radical (unpaired) electrons. The molecule has 46 heavy (non-hydrogen) atoms. The highest BCUT2D eigenvalue weighted by molar-refractivity contribution is 7.26. The summed E-state index contributed by atoms with van der Waals surface area (Å²) < 4.78 is 5.04. The van der Waals surface area contributed by atoms with E-state index in [4.69, 9.17) is 9.97 Å². The van der Waals surface area contributed by atoms with E-state index < -0.39 is 0 Å². The average Bonchev–Trinajstić information content (AvgIpc) is 3.68. The van der Waals surface area contributed by atoms with Crippen LogP contribution in [0.15, 0.2) is 146 Å². The quantitative estimate of drug-likeness (QED) is 0.188. The van der Waals surface area contributed by atoms with Gasteiger partial charge in [0, 0.05) is 66.2 Å². The third kappa shape index (κ3) is 3.69. The van der Waals surface area contributed by atoms with Gasteiger partial charge in [0.1, 0.15) is 0 Å². The van der Waals surface area contributed by atoms with Crippen LogP contribution >= 0.6 is 11.3 Å². The lowest BCUT2D eigenvalue weighted by atomic mass is 10.0. The largest absolute Gasteiger partial charge is 0.308 e. The summed E-state index contributed by atoms with van der Waals surface area (Å²) >= 11 is 1.87. The molecule has 0 spiro atoms. The van der Waals surface area contributed by atoms with Gasteiger partial charge in [-0.25, -0.2) is 9.97 Å². The summed E-state index contributed by atoms with van der Waals surface area (Å²) in [6, 6.07) is 47.6. The van der Waals surface area contributed by atoms with E-state index >= 15 is 0 Å². The van der Waals surface area contributed by atoms with Crippen LogP contribution in [-0.2, 0) is 0 Å². The standard InChI is InChI=1S/C41H24N4S/c1-2-13-29-25(9-1)18-19-34-37(43-41(44-38(29)34)27-11-8-22-42-24-27)26-10-7-12-28(23-26)45-35-16-5-3-14-30(35)32-20-21-33-31-15-4-6-17-36(31)46-40(33)39(32)45/h1-24H. The molecule has 0 saturated carbocycles. The molecule has 0 aliphatic rings. The van der Waals surface area contributed by atoms with Crippen molar-refractivity contribution in [2.75, 3.05) is 0 Å². The monoisotopic (exact) mass is 604 g/mol. The van der Waals surface area contributed by atoms with Gasteiger partial charge in [0.15, 0.2) is 5.82 Å². The molecule has 0 atom stereocenters. The zero-order valence-electron chi connectivity index (χ0n) is 24.6. The van der Waals surface area contributed by atoms with Gasteiger partial charge in [-0.3, -0.25) is 4.98 Å². The number of hydrogen-bond acceptors (Lipinski definition) is 4. The Balaban J connectivity index is 1.28. The van der Waals surface area contributed by atoms with Gasteiger partial charge in [-0.1, -0.05) is 91.0 Å². The average molecular weight is 605 g/mol. The Kier molecular flexibility index (Phi) is 5.41. The molecule has 0 bridgehead atoms. The summed E-state index contributed by atoms with van der Waals surface area (Å²) in [5.74, 6) is 0.668. The van der Waals surface area contributed by atoms with Gasteiger partial charge in [0.25, 0.3) is 0 Å². The van der Waals surface area contributed by atoms with Crippen LogP contribution in [0.25, 0.3) is 92.0 Å². The maximum absolute atomic E-state index is 5.22. The van der Waals surface area contributed by atoms with E-state index in [9.17, 15) is 0 Å². The van der Waals surface area contributed by atoms with E-state index in [1.807, 2.05) is 29.7 Å². The molecule has 6 aromatic carbocycles. The zero-order valence-corrected chi connectivity index (χ0v) is 25.4. The van der Waals surface area contributed by atoms with Gasteiger partial charge in [-0.05, 0) is 47.9 Å². The van der Waals surface area contributed by atoms with Crippen molar-refractivity contribution in [3.8, 4) is 28.3 Å². The molecule has 0 amide bonds. The normalized spacial score (nSPS) is 11.9. The maximum Gasteiger partial charge on any atom is 0.162 e. The molecule has 0 fully saturated rings. The molecule has 0 aliphatic carbocycles. The number of pyridine rings is 1. The van der Waals surface area contributed by atoms with Crippen LogP contribution in [-0.4, -0.2) is 19.5 Å². The van der Waals surface area contributed by atoms with E-state index in [1.54, 1.807) is 6.20 Å². The Hall–Kier alpha value is -5.91. The van der Waals surface area contributed by atoms with E-state index in [-0.39, 0.29) is 0 Å². The van der Waals surface area contributed by atoms with Crippen LogP contribution in [0.4, 0.5) is 0 Å². The van der Waals surface area contributed by atoms with Crippen LogP contribution < -0.4 is 0 Å². The summed E-state index contributed by atoms with van der Waals surface area (Å²) in [6.45, 7) is 0. The minimum absolute atomic E-state index is 0.668. The Bertz CT molecular complexity index is 2810. The van der Waals surface area contributed by atoms with Gasteiger partial charge in [0.2, 0.25) is 0 Å². The molecular weight excluding hydrogens is 581 g/mol. The lowest BCUT2D eigenvalue weighted by Gasteiger charge is -2.14. The molecule has 0 N–H and O–H groups in total. The van der Waals surface area contributed by atoms with Crippen molar-refractivity contribution in [1.29, 1.82) is 0 Å². The smallest absolute Gasteiger partial charge is 0.162 e. The molecular formula is C41H24N4S. The molecule has 4 aromatic heterocycles. The van der Waals surface area contributed by atoms with Crippen molar-refractivity contribution < 1.29 is 0 Å². The highest BCUT2D eigenvalue weighted by atomic mass is 32.1. The Morgan fingerprint density at radius 1 is 0.543 bits per heavy atom. The lowest BCUT2D eigenvalue weighted by molar-refractivity contribution is 1.18. The summed E-state index contributed by atoms with van der Waals surface area (Å²) in [7, 11) is 0. The van der Waals surface area contributed by atoms with Crippen LogP contribution in [0.1, 0.15) is 0 Å². The number of fused-ring (bicyclic) bond motifs is 10. The minimum atomic E-state index is 0.668. The second kappa shape index (κ2) is 9.80. The molecule has 10 aromatic rings. The van der Waals surface area contributed by atoms with Crippen molar-refractivity contribution in [2.45, 2.75) is 0 Å². The molecule has 0 unspecified atom stereocenters. The Morgan fingerprint density at radius 3 is 2.24 bits per heavy atom. The van der Waals surface area contributed by atoms with E-state index in [0.717, 1.165) is 44.2 Å². The van der Waals surface area contributed by atoms with Crippen LogP contribution in [0.3, 0.4) is 0 Å².